The monoisotopic (exact) mass is 446 g/mol. The van der Waals surface area contributed by atoms with Gasteiger partial charge in [0.2, 0.25) is 0 Å². The molecular formula is C21H20BrClN2O2. The highest BCUT2D eigenvalue weighted by atomic mass is 79.9. The van der Waals surface area contributed by atoms with Gasteiger partial charge in [0, 0.05) is 22.8 Å². The molecule has 0 heterocycles. The first-order valence-corrected chi connectivity index (χ1v) is 9.60. The van der Waals surface area contributed by atoms with Gasteiger partial charge in [0.05, 0.1) is 11.6 Å². The molecule has 140 valence electrons. The number of hydrazine groups is 1. The van der Waals surface area contributed by atoms with Gasteiger partial charge in [0.25, 0.3) is 0 Å². The molecule has 0 saturated heterocycles. The topological polar surface area (TPSA) is 42.5 Å². The number of halogens is 2. The van der Waals surface area contributed by atoms with Gasteiger partial charge in [-0.05, 0) is 64.0 Å². The second-order valence-electron chi connectivity index (χ2n) is 5.85. The number of anilines is 1. The predicted molar refractivity (Wildman–Crippen MR) is 113 cm³/mol. The number of benzene rings is 3. The summed E-state index contributed by atoms with van der Waals surface area (Å²) in [6, 6.07) is 21.5. The highest BCUT2D eigenvalue weighted by Crippen LogP contribution is 2.30. The number of hydrogen-bond donors (Lipinski definition) is 2. The van der Waals surface area contributed by atoms with E-state index >= 15 is 0 Å². The first kappa shape index (κ1) is 19.5. The molecule has 0 fully saturated rings. The third-order valence-corrected chi connectivity index (χ3v) is 4.78. The lowest BCUT2D eigenvalue weighted by Crippen LogP contribution is -2.20. The largest absolute Gasteiger partial charge is 0.496 e. The van der Waals surface area contributed by atoms with Gasteiger partial charge >= 0.3 is 0 Å². The lowest BCUT2D eigenvalue weighted by atomic mass is 10.1. The zero-order valence-corrected chi connectivity index (χ0v) is 17.2. The van der Waals surface area contributed by atoms with E-state index in [0.29, 0.717) is 18.2 Å². The van der Waals surface area contributed by atoms with Crippen molar-refractivity contribution in [3.63, 3.8) is 0 Å². The SMILES string of the molecule is COc1ccc(CNNc2ccccc2)cc1COc1ccc(Cl)cc1Br. The van der Waals surface area contributed by atoms with E-state index in [-0.39, 0.29) is 0 Å². The van der Waals surface area contributed by atoms with Crippen LogP contribution in [0.5, 0.6) is 11.5 Å². The van der Waals surface area contributed by atoms with Crippen LogP contribution in [0.1, 0.15) is 11.1 Å². The molecule has 3 aromatic rings. The number of methoxy groups -OCH3 is 1. The van der Waals surface area contributed by atoms with Crippen LogP contribution in [-0.2, 0) is 13.2 Å². The third kappa shape index (κ3) is 5.63. The summed E-state index contributed by atoms with van der Waals surface area (Å²) in [7, 11) is 1.66. The summed E-state index contributed by atoms with van der Waals surface area (Å²) in [5.41, 5.74) is 9.50. The van der Waals surface area contributed by atoms with Crippen LogP contribution in [-0.4, -0.2) is 7.11 Å². The molecule has 0 aliphatic rings. The molecule has 0 bridgehead atoms. The van der Waals surface area contributed by atoms with Crippen LogP contribution in [0.25, 0.3) is 0 Å². The first-order chi connectivity index (χ1) is 13.2. The minimum atomic E-state index is 0.392. The van der Waals surface area contributed by atoms with Crippen LogP contribution in [0.2, 0.25) is 5.02 Å². The Hall–Kier alpha value is -2.21. The van der Waals surface area contributed by atoms with Gasteiger partial charge in [-0.2, -0.15) is 0 Å². The van der Waals surface area contributed by atoms with Crippen LogP contribution in [0.3, 0.4) is 0 Å². The van der Waals surface area contributed by atoms with Crippen molar-refractivity contribution < 1.29 is 9.47 Å². The minimum absolute atomic E-state index is 0.392. The second-order valence-corrected chi connectivity index (χ2v) is 7.14. The Morgan fingerprint density at radius 3 is 2.48 bits per heavy atom. The van der Waals surface area contributed by atoms with E-state index in [1.165, 1.54) is 0 Å². The summed E-state index contributed by atoms with van der Waals surface area (Å²) in [5.74, 6) is 1.52. The van der Waals surface area contributed by atoms with E-state index in [2.05, 4.69) is 32.8 Å². The Kier molecular flexibility index (Phi) is 6.98. The fraction of sp³-hybridized carbons (Fsp3) is 0.143. The molecule has 0 spiro atoms. The molecular weight excluding hydrogens is 428 g/mol. The number of hydrogen-bond acceptors (Lipinski definition) is 4. The van der Waals surface area contributed by atoms with Crippen molar-refractivity contribution >= 4 is 33.2 Å². The van der Waals surface area contributed by atoms with Gasteiger partial charge in [-0.3, -0.25) is 0 Å². The molecule has 0 aliphatic carbocycles. The second kappa shape index (κ2) is 9.65. The molecule has 27 heavy (non-hydrogen) atoms. The zero-order chi connectivity index (χ0) is 19.1. The van der Waals surface area contributed by atoms with Crippen molar-refractivity contribution in [2.24, 2.45) is 0 Å². The van der Waals surface area contributed by atoms with Gasteiger partial charge < -0.3 is 14.9 Å². The normalized spacial score (nSPS) is 10.5. The summed E-state index contributed by atoms with van der Waals surface area (Å²) in [4.78, 5) is 0. The average Bonchev–Trinajstić information content (AvgIpc) is 2.68. The highest BCUT2D eigenvalue weighted by Gasteiger charge is 2.08. The molecule has 0 aromatic heterocycles. The summed E-state index contributed by atoms with van der Waals surface area (Å²) < 4.78 is 12.2. The molecule has 0 saturated carbocycles. The lowest BCUT2D eigenvalue weighted by molar-refractivity contribution is 0.295. The van der Waals surface area contributed by atoms with Crippen molar-refractivity contribution in [1.29, 1.82) is 0 Å². The van der Waals surface area contributed by atoms with E-state index in [1.54, 1.807) is 13.2 Å². The van der Waals surface area contributed by atoms with Crippen LogP contribution in [0, 0.1) is 0 Å². The predicted octanol–water partition coefficient (Wildman–Crippen LogP) is 5.81. The number of nitrogens with one attached hydrogen (secondary N) is 2. The molecule has 3 rings (SSSR count). The van der Waals surface area contributed by atoms with E-state index in [0.717, 1.165) is 32.8 Å². The van der Waals surface area contributed by atoms with E-state index < -0.39 is 0 Å². The molecule has 3 aromatic carbocycles. The Morgan fingerprint density at radius 1 is 0.963 bits per heavy atom. The number of ether oxygens (including phenoxy) is 2. The van der Waals surface area contributed by atoms with Gasteiger partial charge in [-0.1, -0.05) is 35.9 Å². The van der Waals surface area contributed by atoms with Gasteiger partial charge in [0.15, 0.2) is 0 Å². The van der Waals surface area contributed by atoms with Crippen LogP contribution in [0.15, 0.2) is 71.2 Å². The molecule has 0 amide bonds. The van der Waals surface area contributed by atoms with Crippen LogP contribution >= 0.6 is 27.5 Å². The fourth-order valence-electron chi connectivity index (χ4n) is 2.57. The maximum Gasteiger partial charge on any atom is 0.134 e. The summed E-state index contributed by atoms with van der Waals surface area (Å²) >= 11 is 9.45. The van der Waals surface area contributed by atoms with E-state index in [9.17, 15) is 0 Å². The van der Waals surface area contributed by atoms with E-state index in [1.807, 2.05) is 54.6 Å². The molecule has 0 unspecified atom stereocenters. The molecule has 0 atom stereocenters. The lowest BCUT2D eigenvalue weighted by Gasteiger charge is -2.14. The maximum absolute atomic E-state index is 5.98. The van der Waals surface area contributed by atoms with Crippen molar-refractivity contribution in [1.82, 2.24) is 5.43 Å². The Bertz CT molecular complexity index is 891. The van der Waals surface area contributed by atoms with Crippen molar-refractivity contribution in [2.75, 3.05) is 12.5 Å². The summed E-state index contributed by atoms with van der Waals surface area (Å²) in [5, 5.41) is 0.658. The van der Waals surface area contributed by atoms with Crippen LogP contribution in [0.4, 0.5) is 5.69 Å². The smallest absolute Gasteiger partial charge is 0.134 e. The minimum Gasteiger partial charge on any atom is -0.496 e. The average molecular weight is 448 g/mol. The molecule has 0 radical (unpaired) electrons. The van der Waals surface area contributed by atoms with Gasteiger partial charge in [-0.25, -0.2) is 5.43 Å². The van der Waals surface area contributed by atoms with Gasteiger partial charge in [0.1, 0.15) is 18.1 Å². The quantitative estimate of drug-likeness (QED) is 0.428. The fourth-order valence-corrected chi connectivity index (χ4v) is 3.37. The Balaban J connectivity index is 1.64. The summed E-state index contributed by atoms with van der Waals surface area (Å²) in [6.07, 6.45) is 0. The third-order valence-electron chi connectivity index (χ3n) is 3.92. The zero-order valence-electron chi connectivity index (χ0n) is 14.8. The Morgan fingerprint density at radius 2 is 1.74 bits per heavy atom. The number of rotatable bonds is 8. The van der Waals surface area contributed by atoms with E-state index in [4.69, 9.17) is 21.1 Å². The highest BCUT2D eigenvalue weighted by molar-refractivity contribution is 9.10. The van der Waals surface area contributed by atoms with Crippen molar-refractivity contribution in [3.8, 4) is 11.5 Å². The molecule has 4 nitrogen and oxygen atoms in total. The van der Waals surface area contributed by atoms with Crippen LogP contribution < -0.4 is 20.3 Å². The maximum atomic E-state index is 5.98. The number of para-hydroxylation sites is 1. The van der Waals surface area contributed by atoms with Gasteiger partial charge in [-0.15, -0.1) is 0 Å². The Labute approximate surface area is 172 Å². The summed E-state index contributed by atoms with van der Waals surface area (Å²) in [6.45, 7) is 1.06. The molecule has 6 heteroatoms. The molecule has 2 N–H and O–H groups in total. The molecule has 0 aliphatic heterocycles. The standard InChI is InChI=1S/C21H20BrClN2O2/c1-26-20-9-7-15(13-24-25-18-5-3-2-4-6-18)11-16(20)14-27-21-10-8-17(23)12-19(21)22/h2-12,24-25H,13-14H2,1H3. The van der Waals surface area contributed by atoms with Crippen molar-refractivity contribution in [3.05, 3.63) is 87.4 Å². The first-order valence-electron chi connectivity index (χ1n) is 8.43. The van der Waals surface area contributed by atoms with Crippen molar-refractivity contribution in [2.45, 2.75) is 13.2 Å².